The Bertz CT molecular complexity index is 263. The topological polar surface area (TPSA) is 47.6 Å². The number of carbonyl (C=O) groups is 1. The van der Waals surface area contributed by atoms with Gasteiger partial charge in [-0.05, 0) is 45.1 Å². The summed E-state index contributed by atoms with van der Waals surface area (Å²) in [6.07, 6.45) is 4.69. The number of hydrogen-bond acceptors (Lipinski definition) is 4. The van der Waals surface area contributed by atoms with E-state index in [1.807, 2.05) is 6.92 Å². The van der Waals surface area contributed by atoms with E-state index in [-0.39, 0.29) is 5.97 Å². The fraction of sp³-hybridized carbons (Fsp3) is 0.917. The summed E-state index contributed by atoms with van der Waals surface area (Å²) in [5.41, 5.74) is -0.488. The monoisotopic (exact) mass is 227 g/mol. The summed E-state index contributed by atoms with van der Waals surface area (Å²) in [4.78, 5) is 11.6. The highest BCUT2D eigenvalue weighted by atomic mass is 16.5. The molecule has 0 aliphatic carbocycles. The number of ether oxygens (including phenoxy) is 2. The van der Waals surface area contributed by atoms with Gasteiger partial charge in [0.05, 0.1) is 13.2 Å². The van der Waals surface area contributed by atoms with Crippen LogP contribution in [0.3, 0.4) is 0 Å². The van der Waals surface area contributed by atoms with Crippen molar-refractivity contribution in [3.63, 3.8) is 0 Å². The normalized spacial score (nSPS) is 38.9. The third-order valence-electron chi connectivity index (χ3n) is 3.73. The molecule has 2 heterocycles. The van der Waals surface area contributed by atoms with E-state index in [9.17, 15) is 4.79 Å². The molecule has 1 N–H and O–H groups in total. The van der Waals surface area contributed by atoms with E-state index >= 15 is 0 Å². The molecule has 0 bridgehead atoms. The molecule has 0 radical (unpaired) electrons. The van der Waals surface area contributed by atoms with Crippen LogP contribution >= 0.6 is 0 Å². The fourth-order valence-electron chi connectivity index (χ4n) is 2.84. The Morgan fingerprint density at radius 3 is 3.06 bits per heavy atom. The van der Waals surface area contributed by atoms with Crippen molar-refractivity contribution in [2.24, 2.45) is 5.92 Å². The van der Waals surface area contributed by atoms with Gasteiger partial charge in [0.25, 0.3) is 0 Å². The summed E-state index contributed by atoms with van der Waals surface area (Å²) < 4.78 is 10.4. The maximum absolute atomic E-state index is 11.6. The zero-order valence-electron chi connectivity index (χ0n) is 10.1. The summed E-state index contributed by atoms with van der Waals surface area (Å²) in [6.45, 7) is 3.72. The Morgan fingerprint density at radius 2 is 2.44 bits per heavy atom. The maximum Gasteiger partial charge on any atom is 0.325 e. The highest BCUT2D eigenvalue weighted by molar-refractivity contribution is 5.80. The highest BCUT2D eigenvalue weighted by Crippen LogP contribution is 2.30. The fourth-order valence-corrected chi connectivity index (χ4v) is 2.84. The van der Waals surface area contributed by atoms with E-state index in [2.05, 4.69) is 5.32 Å². The van der Waals surface area contributed by atoms with Gasteiger partial charge in [0.15, 0.2) is 0 Å². The van der Waals surface area contributed by atoms with Crippen LogP contribution in [-0.4, -0.2) is 37.9 Å². The average Bonchev–Trinajstić information content (AvgIpc) is 2.89. The van der Waals surface area contributed by atoms with Crippen LogP contribution in [-0.2, 0) is 14.3 Å². The van der Waals surface area contributed by atoms with E-state index in [1.165, 1.54) is 20.0 Å². The Hall–Kier alpha value is -0.610. The quantitative estimate of drug-likeness (QED) is 0.733. The first-order valence-electron chi connectivity index (χ1n) is 6.09. The van der Waals surface area contributed by atoms with Crippen LogP contribution in [0.4, 0.5) is 0 Å². The first-order chi connectivity index (χ1) is 7.64. The van der Waals surface area contributed by atoms with Crippen molar-refractivity contribution in [3.05, 3.63) is 0 Å². The lowest BCUT2D eigenvalue weighted by molar-refractivity contribution is -0.147. The van der Waals surface area contributed by atoms with Gasteiger partial charge in [-0.25, -0.2) is 0 Å². The number of methoxy groups -OCH3 is 1. The molecule has 2 fully saturated rings. The van der Waals surface area contributed by atoms with Gasteiger partial charge in [-0.15, -0.1) is 0 Å². The lowest BCUT2D eigenvalue weighted by Gasteiger charge is -2.21. The van der Waals surface area contributed by atoms with Crippen LogP contribution in [0.1, 0.15) is 32.6 Å². The molecule has 3 unspecified atom stereocenters. The van der Waals surface area contributed by atoms with Gasteiger partial charge in [-0.3, -0.25) is 4.79 Å². The van der Waals surface area contributed by atoms with Crippen LogP contribution in [0.2, 0.25) is 0 Å². The molecule has 0 aromatic carbocycles. The molecule has 4 heteroatoms. The van der Waals surface area contributed by atoms with Crippen molar-refractivity contribution < 1.29 is 14.3 Å². The molecule has 2 aliphatic heterocycles. The van der Waals surface area contributed by atoms with Crippen LogP contribution < -0.4 is 5.32 Å². The van der Waals surface area contributed by atoms with Gasteiger partial charge >= 0.3 is 5.97 Å². The zero-order valence-corrected chi connectivity index (χ0v) is 10.1. The molecule has 0 aromatic heterocycles. The summed E-state index contributed by atoms with van der Waals surface area (Å²) in [5, 5.41) is 3.28. The molecular weight excluding hydrogens is 206 g/mol. The first kappa shape index (κ1) is 11.9. The Morgan fingerprint density at radius 1 is 1.62 bits per heavy atom. The summed E-state index contributed by atoms with van der Waals surface area (Å²) in [5.74, 6) is 0.384. The number of hydrogen-bond donors (Lipinski definition) is 1. The van der Waals surface area contributed by atoms with Gasteiger partial charge in [-0.1, -0.05) is 0 Å². The number of nitrogens with one attached hydrogen (secondary N) is 1. The molecule has 0 amide bonds. The molecule has 0 spiro atoms. The van der Waals surface area contributed by atoms with Gasteiger partial charge in [0.1, 0.15) is 5.54 Å². The molecule has 92 valence electrons. The van der Waals surface area contributed by atoms with Gasteiger partial charge in [-0.2, -0.15) is 0 Å². The van der Waals surface area contributed by atoms with Crippen molar-refractivity contribution in [2.75, 3.05) is 20.3 Å². The second-order valence-corrected chi connectivity index (χ2v) is 5.15. The molecule has 0 aromatic rings. The minimum Gasteiger partial charge on any atom is -0.468 e. The van der Waals surface area contributed by atoms with Gasteiger partial charge in [0.2, 0.25) is 0 Å². The lowest BCUT2D eigenvalue weighted by Crippen LogP contribution is -2.45. The van der Waals surface area contributed by atoms with Crippen molar-refractivity contribution in [3.8, 4) is 0 Å². The van der Waals surface area contributed by atoms with Gasteiger partial charge in [0, 0.05) is 6.61 Å². The maximum atomic E-state index is 11.6. The molecule has 2 aliphatic rings. The Labute approximate surface area is 96.7 Å². The van der Waals surface area contributed by atoms with E-state index in [4.69, 9.17) is 9.47 Å². The molecule has 3 atom stereocenters. The standard InChI is InChI=1S/C12H21NO3/c1-12(11(14)15-2)7-9(8-13-12)6-10-4-3-5-16-10/h9-10,13H,3-8H2,1-2H3. The third-order valence-corrected chi connectivity index (χ3v) is 3.73. The number of carbonyl (C=O) groups excluding carboxylic acids is 1. The van der Waals surface area contributed by atoms with E-state index in [1.54, 1.807) is 0 Å². The number of esters is 1. The predicted octanol–water partition coefficient (Wildman–Crippen LogP) is 1.10. The number of rotatable bonds is 3. The van der Waals surface area contributed by atoms with Crippen molar-refractivity contribution in [1.29, 1.82) is 0 Å². The highest BCUT2D eigenvalue weighted by Gasteiger charge is 2.42. The van der Waals surface area contributed by atoms with Gasteiger partial charge < -0.3 is 14.8 Å². The summed E-state index contributed by atoms with van der Waals surface area (Å²) >= 11 is 0. The summed E-state index contributed by atoms with van der Waals surface area (Å²) in [7, 11) is 1.45. The summed E-state index contributed by atoms with van der Waals surface area (Å²) in [6, 6.07) is 0. The molecular formula is C12H21NO3. The van der Waals surface area contributed by atoms with Crippen molar-refractivity contribution >= 4 is 5.97 Å². The van der Waals surface area contributed by atoms with Crippen molar-refractivity contribution in [1.82, 2.24) is 5.32 Å². The Balaban J connectivity index is 1.84. The molecule has 16 heavy (non-hydrogen) atoms. The molecule has 4 nitrogen and oxygen atoms in total. The predicted molar refractivity (Wildman–Crippen MR) is 60.1 cm³/mol. The average molecular weight is 227 g/mol. The van der Waals surface area contributed by atoms with Crippen molar-refractivity contribution in [2.45, 2.75) is 44.2 Å². The van der Waals surface area contributed by atoms with E-state index in [0.29, 0.717) is 12.0 Å². The minimum absolute atomic E-state index is 0.151. The minimum atomic E-state index is -0.488. The smallest absolute Gasteiger partial charge is 0.325 e. The first-order valence-corrected chi connectivity index (χ1v) is 6.09. The Kier molecular flexibility index (Phi) is 3.50. The largest absolute Gasteiger partial charge is 0.468 e. The zero-order chi connectivity index (χ0) is 11.6. The van der Waals surface area contributed by atoms with Crippen LogP contribution in [0, 0.1) is 5.92 Å². The second kappa shape index (κ2) is 4.72. The lowest BCUT2D eigenvalue weighted by atomic mass is 9.91. The molecule has 2 saturated heterocycles. The third kappa shape index (κ3) is 2.38. The van der Waals surface area contributed by atoms with Crippen LogP contribution in [0.5, 0.6) is 0 Å². The second-order valence-electron chi connectivity index (χ2n) is 5.15. The molecule has 2 rings (SSSR count). The van der Waals surface area contributed by atoms with Crippen LogP contribution in [0.15, 0.2) is 0 Å². The van der Waals surface area contributed by atoms with E-state index in [0.717, 1.165) is 26.0 Å². The molecule has 0 saturated carbocycles. The van der Waals surface area contributed by atoms with Crippen LogP contribution in [0.25, 0.3) is 0 Å². The van der Waals surface area contributed by atoms with E-state index < -0.39 is 5.54 Å². The SMILES string of the molecule is COC(=O)C1(C)CC(CC2CCCO2)CN1.